The van der Waals surface area contributed by atoms with Crippen LogP contribution in [0.3, 0.4) is 0 Å². The van der Waals surface area contributed by atoms with Crippen molar-refractivity contribution in [1.29, 1.82) is 5.26 Å². The number of ether oxygens (including phenoxy) is 2. The molecular formula is C18H15Cl2N3O3. The number of benzene rings is 2. The van der Waals surface area contributed by atoms with E-state index in [2.05, 4.69) is 10.6 Å². The molecule has 0 radical (unpaired) electrons. The average molecular weight is 392 g/mol. The summed E-state index contributed by atoms with van der Waals surface area (Å²) in [6.45, 7) is 0. The van der Waals surface area contributed by atoms with Crippen LogP contribution in [0, 0.1) is 11.3 Å². The molecule has 26 heavy (non-hydrogen) atoms. The smallest absolute Gasteiger partial charge is 0.267 e. The van der Waals surface area contributed by atoms with Crippen LogP contribution in [0.4, 0.5) is 11.4 Å². The number of amides is 1. The van der Waals surface area contributed by atoms with Gasteiger partial charge in [-0.05, 0) is 36.4 Å². The lowest BCUT2D eigenvalue weighted by Crippen LogP contribution is -2.14. The largest absolute Gasteiger partial charge is 0.495 e. The molecule has 0 saturated heterocycles. The molecule has 0 bridgehead atoms. The number of hydrogen-bond donors (Lipinski definition) is 2. The summed E-state index contributed by atoms with van der Waals surface area (Å²) in [6, 6.07) is 11.6. The third-order valence-corrected chi connectivity index (χ3v) is 3.84. The van der Waals surface area contributed by atoms with Gasteiger partial charge in [-0.15, -0.1) is 0 Å². The summed E-state index contributed by atoms with van der Waals surface area (Å²) in [5.41, 5.74) is 0.814. The highest BCUT2D eigenvalue weighted by molar-refractivity contribution is 6.32. The van der Waals surface area contributed by atoms with Crippen LogP contribution in [-0.4, -0.2) is 20.1 Å². The van der Waals surface area contributed by atoms with E-state index >= 15 is 0 Å². The lowest BCUT2D eigenvalue weighted by molar-refractivity contribution is -0.112. The molecule has 2 aromatic carbocycles. The van der Waals surface area contributed by atoms with Gasteiger partial charge in [-0.1, -0.05) is 23.2 Å². The van der Waals surface area contributed by atoms with E-state index in [4.69, 9.17) is 32.7 Å². The molecule has 0 unspecified atom stereocenters. The Morgan fingerprint density at radius 3 is 2.42 bits per heavy atom. The fourth-order valence-electron chi connectivity index (χ4n) is 2.03. The van der Waals surface area contributed by atoms with E-state index in [0.717, 1.165) is 0 Å². The van der Waals surface area contributed by atoms with E-state index in [-0.39, 0.29) is 5.57 Å². The van der Waals surface area contributed by atoms with Gasteiger partial charge in [0.15, 0.2) is 0 Å². The number of halogens is 2. The lowest BCUT2D eigenvalue weighted by atomic mass is 10.2. The number of anilines is 2. The molecule has 0 saturated carbocycles. The summed E-state index contributed by atoms with van der Waals surface area (Å²) in [7, 11) is 3.00. The van der Waals surface area contributed by atoms with Crippen LogP contribution in [0.2, 0.25) is 10.0 Å². The number of methoxy groups -OCH3 is 2. The summed E-state index contributed by atoms with van der Waals surface area (Å²) in [5, 5.41) is 15.5. The fraction of sp³-hybridized carbons (Fsp3) is 0.111. The maximum Gasteiger partial charge on any atom is 0.267 e. The van der Waals surface area contributed by atoms with E-state index in [9.17, 15) is 10.1 Å². The molecule has 134 valence electrons. The normalized spacial score (nSPS) is 10.7. The van der Waals surface area contributed by atoms with Crippen molar-refractivity contribution >= 4 is 40.5 Å². The molecule has 2 rings (SSSR count). The summed E-state index contributed by atoms with van der Waals surface area (Å²) in [4.78, 5) is 12.3. The third-order valence-electron chi connectivity index (χ3n) is 3.31. The number of carbonyl (C=O) groups is 1. The van der Waals surface area contributed by atoms with Gasteiger partial charge in [0.2, 0.25) is 0 Å². The number of nitrogens with one attached hydrogen (secondary N) is 2. The van der Waals surface area contributed by atoms with Gasteiger partial charge in [0.05, 0.1) is 24.9 Å². The van der Waals surface area contributed by atoms with Crippen molar-refractivity contribution in [2.24, 2.45) is 0 Å². The van der Waals surface area contributed by atoms with Gasteiger partial charge in [0.1, 0.15) is 23.1 Å². The van der Waals surface area contributed by atoms with Crippen LogP contribution < -0.4 is 20.1 Å². The molecule has 2 aromatic rings. The Balaban J connectivity index is 2.16. The van der Waals surface area contributed by atoms with Gasteiger partial charge in [0.25, 0.3) is 5.91 Å². The molecule has 1 amide bonds. The number of carbonyl (C=O) groups excluding carboxylic acids is 1. The predicted octanol–water partition coefficient (Wildman–Crippen LogP) is 4.47. The summed E-state index contributed by atoms with van der Waals surface area (Å²) in [5.74, 6) is 0.406. The van der Waals surface area contributed by atoms with Gasteiger partial charge in [0, 0.05) is 16.9 Å². The van der Waals surface area contributed by atoms with Crippen LogP contribution in [0.25, 0.3) is 0 Å². The van der Waals surface area contributed by atoms with Crippen molar-refractivity contribution in [3.8, 4) is 17.6 Å². The SMILES string of the molecule is COc1ccc(NC(=O)/C(C#N)=C\Nc2cc(Cl)ccc2OC)cc1Cl. The van der Waals surface area contributed by atoms with Gasteiger partial charge < -0.3 is 20.1 Å². The van der Waals surface area contributed by atoms with E-state index in [1.165, 1.54) is 26.5 Å². The first-order valence-corrected chi connectivity index (χ1v) is 8.09. The first-order chi connectivity index (χ1) is 12.5. The maximum absolute atomic E-state index is 12.3. The van der Waals surface area contributed by atoms with Gasteiger partial charge >= 0.3 is 0 Å². The zero-order valence-corrected chi connectivity index (χ0v) is 15.5. The van der Waals surface area contributed by atoms with Crippen molar-refractivity contribution in [2.75, 3.05) is 24.9 Å². The minimum atomic E-state index is -0.595. The van der Waals surface area contributed by atoms with Crippen LogP contribution in [-0.2, 0) is 4.79 Å². The Morgan fingerprint density at radius 2 is 1.81 bits per heavy atom. The topological polar surface area (TPSA) is 83.4 Å². The minimum absolute atomic E-state index is 0.140. The van der Waals surface area contributed by atoms with Gasteiger partial charge in [-0.3, -0.25) is 4.79 Å². The molecule has 2 N–H and O–H groups in total. The van der Waals surface area contributed by atoms with Crippen LogP contribution in [0.1, 0.15) is 0 Å². The van der Waals surface area contributed by atoms with E-state index in [0.29, 0.717) is 32.9 Å². The molecule has 0 aromatic heterocycles. The number of nitriles is 1. The molecule has 0 aliphatic rings. The van der Waals surface area contributed by atoms with E-state index < -0.39 is 5.91 Å². The zero-order chi connectivity index (χ0) is 19.1. The quantitative estimate of drug-likeness (QED) is 0.560. The Morgan fingerprint density at radius 1 is 1.12 bits per heavy atom. The minimum Gasteiger partial charge on any atom is -0.495 e. The maximum atomic E-state index is 12.3. The van der Waals surface area contributed by atoms with Crippen LogP contribution >= 0.6 is 23.2 Å². The first-order valence-electron chi connectivity index (χ1n) is 7.33. The summed E-state index contributed by atoms with van der Waals surface area (Å²) >= 11 is 12.0. The summed E-state index contributed by atoms with van der Waals surface area (Å²) in [6.07, 6.45) is 1.27. The van der Waals surface area contributed by atoms with Crippen molar-refractivity contribution in [3.05, 3.63) is 58.2 Å². The second-order valence-electron chi connectivity index (χ2n) is 4.96. The predicted molar refractivity (Wildman–Crippen MR) is 102 cm³/mol. The fourth-order valence-corrected chi connectivity index (χ4v) is 2.46. The first kappa shape index (κ1) is 19.4. The molecular weight excluding hydrogens is 377 g/mol. The van der Waals surface area contributed by atoms with Crippen molar-refractivity contribution < 1.29 is 14.3 Å². The Kier molecular flexibility index (Phi) is 6.73. The number of rotatable bonds is 6. The molecule has 8 heteroatoms. The molecule has 0 spiro atoms. The van der Waals surface area contributed by atoms with Crippen molar-refractivity contribution in [1.82, 2.24) is 0 Å². The number of hydrogen-bond acceptors (Lipinski definition) is 5. The van der Waals surface area contributed by atoms with E-state index in [1.807, 2.05) is 6.07 Å². The monoisotopic (exact) mass is 391 g/mol. The average Bonchev–Trinajstić information content (AvgIpc) is 2.62. The standard InChI is InChI=1S/C18H15Cl2N3O3/c1-25-16-6-4-13(8-14(16)20)23-18(24)11(9-21)10-22-15-7-12(19)3-5-17(15)26-2/h3-8,10,22H,1-2H3,(H,23,24)/b11-10-. The molecule has 0 aliphatic heterocycles. The number of nitrogens with zero attached hydrogens (tertiary/aromatic N) is 1. The Labute approximate surface area is 160 Å². The van der Waals surface area contributed by atoms with Gasteiger partial charge in [-0.25, -0.2) is 0 Å². The highest BCUT2D eigenvalue weighted by Crippen LogP contribution is 2.29. The highest BCUT2D eigenvalue weighted by Gasteiger charge is 2.11. The molecule has 0 atom stereocenters. The highest BCUT2D eigenvalue weighted by atomic mass is 35.5. The molecule has 0 aliphatic carbocycles. The molecule has 0 fully saturated rings. The Hall–Kier alpha value is -2.88. The van der Waals surface area contributed by atoms with Crippen LogP contribution in [0.15, 0.2) is 48.2 Å². The Bertz CT molecular complexity index is 892. The second kappa shape index (κ2) is 8.99. The van der Waals surface area contributed by atoms with Crippen molar-refractivity contribution in [3.63, 3.8) is 0 Å². The molecule has 6 nitrogen and oxygen atoms in total. The summed E-state index contributed by atoms with van der Waals surface area (Å²) < 4.78 is 10.2. The second-order valence-corrected chi connectivity index (χ2v) is 5.81. The lowest BCUT2D eigenvalue weighted by Gasteiger charge is -2.10. The third kappa shape index (κ3) is 4.82. The molecule has 0 heterocycles. The van der Waals surface area contributed by atoms with Crippen LogP contribution in [0.5, 0.6) is 11.5 Å². The van der Waals surface area contributed by atoms with E-state index in [1.54, 1.807) is 30.3 Å². The van der Waals surface area contributed by atoms with Gasteiger partial charge in [-0.2, -0.15) is 5.26 Å². The van der Waals surface area contributed by atoms with Crippen molar-refractivity contribution in [2.45, 2.75) is 0 Å². The zero-order valence-electron chi connectivity index (χ0n) is 14.0.